The van der Waals surface area contributed by atoms with E-state index in [0.29, 0.717) is 11.0 Å². The summed E-state index contributed by atoms with van der Waals surface area (Å²) in [5, 5.41) is 13.1. The van der Waals surface area contributed by atoms with Gasteiger partial charge >= 0.3 is 0 Å². The smallest absolute Gasteiger partial charge is 0.287 e. The van der Waals surface area contributed by atoms with E-state index in [1.54, 1.807) is 0 Å². The van der Waals surface area contributed by atoms with Crippen LogP contribution in [0.5, 0.6) is 0 Å². The van der Waals surface area contributed by atoms with Crippen molar-refractivity contribution in [2.24, 2.45) is 0 Å². The predicted octanol–water partition coefficient (Wildman–Crippen LogP) is 3.70. The molecular formula is C18H14F3NO3. The van der Waals surface area contributed by atoms with Crippen LogP contribution < -0.4 is 5.32 Å². The van der Waals surface area contributed by atoms with Crippen LogP contribution in [-0.4, -0.2) is 17.1 Å². The van der Waals surface area contributed by atoms with Gasteiger partial charge in [0.05, 0.1) is 12.1 Å². The number of carbonyl (C=O) groups excluding carboxylic acids is 1. The van der Waals surface area contributed by atoms with Crippen molar-refractivity contribution in [2.45, 2.75) is 19.1 Å². The maximum atomic E-state index is 13.3. The van der Waals surface area contributed by atoms with Gasteiger partial charge in [-0.15, -0.1) is 0 Å². The Morgan fingerprint density at radius 3 is 2.56 bits per heavy atom. The van der Waals surface area contributed by atoms with Crippen molar-refractivity contribution in [3.63, 3.8) is 0 Å². The minimum atomic E-state index is -1.25. The number of hydrogen-bond donors (Lipinski definition) is 2. The molecule has 0 aliphatic heterocycles. The van der Waals surface area contributed by atoms with Crippen LogP contribution in [0.25, 0.3) is 11.0 Å². The SMILES string of the molecule is CC(NC(=O)c1cc2cc(F)ccc2o1)C(O)c1ccc(F)c(F)c1. The van der Waals surface area contributed by atoms with Crippen molar-refractivity contribution in [1.82, 2.24) is 5.32 Å². The van der Waals surface area contributed by atoms with Crippen molar-refractivity contribution >= 4 is 16.9 Å². The number of nitrogens with one attached hydrogen (secondary N) is 1. The number of hydrogen-bond acceptors (Lipinski definition) is 3. The van der Waals surface area contributed by atoms with Gasteiger partial charge in [0.15, 0.2) is 17.4 Å². The van der Waals surface area contributed by atoms with E-state index in [1.165, 1.54) is 37.3 Å². The first-order valence-corrected chi connectivity index (χ1v) is 7.48. The summed E-state index contributed by atoms with van der Waals surface area (Å²) in [6.45, 7) is 1.51. The minimum Gasteiger partial charge on any atom is -0.451 e. The fraction of sp³-hybridized carbons (Fsp3) is 0.167. The first-order chi connectivity index (χ1) is 11.8. The van der Waals surface area contributed by atoms with Gasteiger partial charge in [0.2, 0.25) is 0 Å². The van der Waals surface area contributed by atoms with Crippen molar-refractivity contribution in [3.8, 4) is 0 Å². The molecule has 2 unspecified atom stereocenters. The first kappa shape index (κ1) is 17.0. The summed E-state index contributed by atoms with van der Waals surface area (Å²) in [5.41, 5.74) is 0.471. The number of furan rings is 1. The second kappa shape index (κ2) is 6.60. The van der Waals surface area contributed by atoms with Gasteiger partial charge < -0.3 is 14.8 Å². The normalized spacial score (nSPS) is 13.6. The Bertz CT molecular complexity index is 938. The van der Waals surface area contributed by atoms with Crippen molar-refractivity contribution in [2.75, 3.05) is 0 Å². The van der Waals surface area contributed by atoms with Crippen LogP contribution in [0.2, 0.25) is 0 Å². The highest BCUT2D eigenvalue weighted by molar-refractivity contribution is 5.96. The van der Waals surface area contributed by atoms with Gasteiger partial charge in [-0.2, -0.15) is 0 Å². The Kier molecular flexibility index (Phi) is 4.50. The summed E-state index contributed by atoms with van der Waals surface area (Å²) < 4.78 is 44.7. The molecule has 25 heavy (non-hydrogen) atoms. The van der Waals surface area contributed by atoms with Crippen LogP contribution in [-0.2, 0) is 0 Å². The molecule has 3 aromatic rings. The molecule has 2 N–H and O–H groups in total. The molecule has 0 bridgehead atoms. The second-order valence-corrected chi connectivity index (χ2v) is 5.67. The summed E-state index contributed by atoms with van der Waals surface area (Å²) in [6, 6.07) is 7.42. The van der Waals surface area contributed by atoms with E-state index in [1.807, 2.05) is 0 Å². The van der Waals surface area contributed by atoms with Crippen molar-refractivity contribution in [3.05, 3.63) is 71.2 Å². The standard InChI is InChI=1S/C18H14F3NO3/c1-9(17(23)10-2-4-13(20)14(21)7-10)22-18(24)16-8-11-6-12(19)3-5-15(11)25-16/h2-9,17,23H,1H3,(H,22,24). The molecule has 0 radical (unpaired) electrons. The Morgan fingerprint density at radius 1 is 1.08 bits per heavy atom. The van der Waals surface area contributed by atoms with Crippen LogP contribution in [0, 0.1) is 17.5 Å². The average molecular weight is 349 g/mol. The largest absolute Gasteiger partial charge is 0.451 e. The first-order valence-electron chi connectivity index (χ1n) is 7.48. The topological polar surface area (TPSA) is 62.5 Å². The Labute approximate surface area is 140 Å². The molecule has 0 fully saturated rings. The van der Waals surface area contributed by atoms with Crippen molar-refractivity contribution < 1.29 is 27.5 Å². The van der Waals surface area contributed by atoms with E-state index in [9.17, 15) is 23.1 Å². The number of halogens is 3. The Hall–Kier alpha value is -2.80. The fourth-order valence-electron chi connectivity index (χ4n) is 2.47. The fourth-order valence-corrected chi connectivity index (χ4v) is 2.47. The highest BCUT2D eigenvalue weighted by atomic mass is 19.2. The minimum absolute atomic E-state index is 0.0510. The van der Waals surface area contributed by atoms with E-state index < -0.39 is 35.5 Å². The van der Waals surface area contributed by atoms with Crippen molar-refractivity contribution in [1.29, 1.82) is 0 Å². The summed E-state index contributed by atoms with van der Waals surface area (Å²) >= 11 is 0. The van der Waals surface area contributed by atoms with Gasteiger partial charge in [-0.05, 0) is 48.9 Å². The highest BCUT2D eigenvalue weighted by Gasteiger charge is 2.22. The Balaban J connectivity index is 1.75. The van der Waals surface area contributed by atoms with Gasteiger partial charge in [0.25, 0.3) is 5.91 Å². The van der Waals surface area contributed by atoms with E-state index in [4.69, 9.17) is 4.42 Å². The molecule has 0 aliphatic rings. The zero-order valence-electron chi connectivity index (χ0n) is 13.1. The summed E-state index contributed by atoms with van der Waals surface area (Å²) in [5.74, 6) is -3.24. The molecule has 2 aromatic carbocycles. The van der Waals surface area contributed by atoms with E-state index in [2.05, 4.69) is 5.32 Å². The van der Waals surface area contributed by atoms with Crippen LogP contribution in [0.3, 0.4) is 0 Å². The lowest BCUT2D eigenvalue weighted by molar-refractivity contribution is 0.0827. The molecule has 0 spiro atoms. The molecule has 0 saturated heterocycles. The third-order valence-electron chi connectivity index (χ3n) is 3.82. The Morgan fingerprint density at radius 2 is 1.84 bits per heavy atom. The molecular weight excluding hydrogens is 335 g/mol. The summed E-state index contributed by atoms with van der Waals surface area (Å²) in [4.78, 5) is 12.2. The third kappa shape index (κ3) is 3.51. The third-order valence-corrected chi connectivity index (χ3v) is 3.82. The number of amides is 1. The lowest BCUT2D eigenvalue weighted by Crippen LogP contribution is -2.36. The molecule has 0 saturated carbocycles. The summed E-state index contributed by atoms with van der Waals surface area (Å²) in [7, 11) is 0. The molecule has 130 valence electrons. The van der Waals surface area contributed by atoms with Crippen LogP contribution >= 0.6 is 0 Å². The van der Waals surface area contributed by atoms with Gasteiger partial charge in [0, 0.05) is 5.39 Å². The quantitative estimate of drug-likeness (QED) is 0.755. The predicted molar refractivity (Wildman–Crippen MR) is 84.4 cm³/mol. The molecule has 4 nitrogen and oxygen atoms in total. The highest BCUT2D eigenvalue weighted by Crippen LogP contribution is 2.22. The molecule has 1 heterocycles. The molecule has 7 heteroatoms. The number of aliphatic hydroxyl groups is 1. The average Bonchev–Trinajstić information content (AvgIpc) is 2.99. The number of rotatable bonds is 4. The van der Waals surface area contributed by atoms with E-state index in [-0.39, 0.29) is 11.3 Å². The monoisotopic (exact) mass is 349 g/mol. The maximum absolute atomic E-state index is 13.3. The number of aliphatic hydroxyl groups excluding tert-OH is 1. The number of carbonyl (C=O) groups is 1. The maximum Gasteiger partial charge on any atom is 0.287 e. The van der Waals surface area contributed by atoms with E-state index >= 15 is 0 Å². The van der Waals surface area contributed by atoms with Gasteiger partial charge in [-0.1, -0.05) is 6.07 Å². The molecule has 1 amide bonds. The second-order valence-electron chi connectivity index (χ2n) is 5.67. The molecule has 3 rings (SSSR count). The van der Waals surface area contributed by atoms with Crippen LogP contribution in [0.15, 0.2) is 46.9 Å². The molecule has 1 aromatic heterocycles. The number of fused-ring (bicyclic) bond motifs is 1. The number of benzene rings is 2. The molecule has 0 aliphatic carbocycles. The van der Waals surface area contributed by atoms with Gasteiger partial charge in [0.1, 0.15) is 11.4 Å². The van der Waals surface area contributed by atoms with Crippen LogP contribution in [0.1, 0.15) is 29.1 Å². The van der Waals surface area contributed by atoms with Crippen LogP contribution in [0.4, 0.5) is 13.2 Å². The summed E-state index contributed by atoms with van der Waals surface area (Å²) in [6.07, 6.45) is -1.25. The van der Waals surface area contributed by atoms with Gasteiger partial charge in [-0.25, -0.2) is 13.2 Å². The lowest BCUT2D eigenvalue weighted by atomic mass is 10.0. The molecule has 2 atom stereocenters. The van der Waals surface area contributed by atoms with E-state index in [0.717, 1.165) is 12.1 Å². The zero-order valence-corrected chi connectivity index (χ0v) is 13.1. The lowest BCUT2D eigenvalue weighted by Gasteiger charge is -2.20. The van der Waals surface area contributed by atoms with Gasteiger partial charge in [-0.3, -0.25) is 4.79 Å². The zero-order chi connectivity index (χ0) is 18.1.